The van der Waals surface area contributed by atoms with Crippen LogP contribution in [0.2, 0.25) is 0 Å². The van der Waals surface area contributed by atoms with E-state index in [0.717, 1.165) is 0 Å². The van der Waals surface area contributed by atoms with Gasteiger partial charge in [0, 0.05) is 32.0 Å². The summed E-state index contributed by atoms with van der Waals surface area (Å²) in [4.78, 5) is 22.0. The predicted molar refractivity (Wildman–Crippen MR) is 67.4 cm³/mol. The Morgan fingerprint density at radius 3 is 2.72 bits per heavy atom. The lowest BCUT2D eigenvalue weighted by molar-refractivity contribution is 0.0302. The fourth-order valence-electron chi connectivity index (χ4n) is 1.64. The average Bonchev–Trinajstić information content (AvgIpc) is 2.46. The second-order valence-corrected chi connectivity index (χ2v) is 3.87. The van der Waals surface area contributed by atoms with Crippen LogP contribution in [0.4, 0.5) is 5.95 Å². The van der Waals surface area contributed by atoms with Gasteiger partial charge >= 0.3 is 0 Å². The molecular formula is C12H16N4O2. The lowest BCUT2D eigenvalue weighted by Crippen LogP contribution is -2.40. The average molecular weight is 248 g/mol. The summed E-state index contributed by atoms with van der Waals surface area (Å²) in [5, 5.41) is 2.95. The third kappa shape index (κ3) is 3.04. The number of rotatable bonds is 4. The van der Waals surface area contributed by atoms with Crippen LogP contribution < -0.4 is 5.32 Å². The van der Waals surface area contributed by atoms with Gasteiger partial charge in [0.25, 0.3) is 5.91 Å². The largest absolute Gasteiger partial charge is 0.378 e. The maximum Gasteiger partial charge on any atom is 0.257 e. The van der Waals surface area contributed by atoms with E-state index in [1.165, 1.54) is 12.4 Å². The van der Waals surface area contributed by atoms with Crippen LogP contribution in [-0.2, 0) is 4.74 Å². The summed E-state index contributed by atoms with van der Waals surface area (Å²) in [6, 6.07) is 0. The van der Waals surface area contributed by atoms with Gasteiger partial charge in [-0.3, -0.25) is 4.79 Å². The Balaban J connectivity index is 1.99. The first-order valence-corrected chi connectivity index (χ1v) is 5.85. The molecule has 96 valence electrons. The minimum Gasteiger partial charge on any atom is -0.378 e. The highest BCUT2D eigenvalue weighted by atomic mass is 16.5. The van der Waals surface area contributed by atoms with Crippen LogP contribution in [0.15, 0.2) is 25.0 Å². The number of nitrogens with zero attached hydrogens (tertiary/aromatic N) is 3. The third-order valence-corrected chi connectivity index (χ3v) is 2.60. The van der Waals surface area contributed by atoms with Gasteiger partial charge in [0.05, 0.1) is 18.8 Å². The smallest absolute Gasteiger partial charge is 0.257 e. The molecule has 6 heteroatoms. The third-order valence-electron chi connectivity index (χ3n) is 2.60. The summed E-state index contributed by atoms with van der Waals surface area (Å²) in [5.74, 6) is 0.446. The van der Waals surface area contributed by atoms with Crippen LogP contribution in [0, 0.1) is 0 Å². The number of morpholine rings is 1. The Hall–Kier alpha value is -1.95. The van der Waals surface area contributed by atoms with Crippen LogP contribution in [0.3, 0.4) is 0 Å². The van der Waals surface area contributed by atoms with Crippen LogP contribution >= 0.6 is 0 Å². The number of hydrogen-bond donors (Lipinski definition) is 1. The summed E-state index contributed by atoms with van der Waals surface area (Å²) < 4.78 is 5.20. The number of carbonyl (C=O) groups is 1. The molecule has 1 aliphatic rings. The van der Waals surface area contributed by atoms with E-state index >= 15 is 0 Å². The Bertz CT molecular complexity index is 413. The number of ether oxygens (including phenoxy) is 1. The molecule has 0 atom stereocenters. The van der Waals surface area contributed by atoms with E-state index in [-0.39, 0.29) is 5.91 Å². The topological polar surface area (TPSA) is 67.4 Å². The highest BCUT2D eigenvalue weighted by molar-refractivity contribution is 5.93. The highest BCUT2D eigenvalue weighted by Crippen LogP contribution is 2.06. The van der Waals surface area contributed by atoms with Crippen molar-refractivity contribution in [2.45, 2.75) is 0 Å². The number of amides is 1. The Kier molecular flexibility index (Phi) is 4.25. The molecule has 0 aromatic carbocycles. The summed E-state index contributed by atoms with van der Waals surface area (Å²) in [5.41, 5.74) is 0.501. The molecule has 2 heterocycles. The molecule has 1 N–H and O–H groups in total. The Morgan fingerprint density at radius 1 is 1.44 bits per heavy atom. The van der Waals surface area contributed by atoms with Gasteiger partial charge in [-0.2, -0.15) is 0 Å². The molecule has 1 aliphatic heterocycles. The fourth-order valence-corrected chi connectivity index (χ4v) is 1.64. The van der Waals surface area contributed by atoms with Crippen molar-refractivity contribution in [3.63, 3.8) is 0 Å². The maximum absolute atomic E-state index is 12.1. The predicted octanol–water partition coefficient (Wildman–Crippen LogP) is 0.547. The molecule has 0 saturated carbocycles. The number of anilines is 1. The fraction of sp³-hybridized carbons (Fsp3) is 0.417. The van der Waals surface area contributed by atoms with Gasteiger partial charge < -0.3 is 15.0 Å². The first-order chi connectivity index (χ1) is 8.81. The van der Waals surface area contributed by atoms with E-state index in [4.69, 9.17) is 4.74 Å². The van der Waals surface area contributed by atoms with Crippen LogP contribution in [0.5, 0.6) is 0 Å². The normalized spacial score (nSPS) is 15.2. The molecule has 0 bridgehead atoms. The first-order valence-electron chi connectivity index (χ1n) is 5.85. The summed E-state index contributed by atoms with van der Waals surface area (Å²) in [6.07, 6.45) is 4.79. The number of nitrogens with one attached hydrogen (secondary N) is 1. The highest BCUT2D eigenvalue weighted by Gasteiger charge is 2.18. The first kappa shape index (κ1) is 12.5. The summed E-state index contributed by atoms with van der Waals surface area (Å²) in [7, 11) is 0. The minimum absolute atomic E-state index is 0.0476. The lowest BCUT2D eigenvalue weighted by Gasteiger charge is -2.26. The number of hydrogen-bond acceptors (Lipinski definition) is 5. The van der Waals surface area contributed by atoms with Gasteiger partial charge in [-0.25, -0.2) is 9.97 Å². The Morgan fingerprint density at radius 2 is 2.11 bits per heavy atom. The van der Waals surface area contributed by atoms with Gasteiger partial charge in [-0.05, 0) is 0 Å². The van der Waals surface area contributed by atoms with E-state index in [2.05, 4.69) is 21.9 Å². The zero-order valence-electron chi connectivity index (χ0n) is 10.1. The van der Waals surface area contributed by atoms with E-state index in [1.54, 1.807) is 11.0 Å². The molecule has 0 unspecified atom stereocenters. The lowest BCUT2D eigenvalue weighted by atomic mass is 10.3. The molecule has 0 spiro atoms. The van der Waals surface area contributed by atoms with Crippen molar-refractivity contribution in [1.82, 2.24) is 14.9 Å². The van der Waals surface area contributed by atoms with Crippen molar-refractivity contribution in [2.24, 2.45) is 0 Å². The number of carbonyl (C=O) groups excluding carboxylic acids is 1. The van der Waals surface area contributed by atoms with Gasteiger partial charge in [0.15, 0.2) is 0 Å². The van der Waals surface area contributed by atoms with Crippen molar-refractivity contribution in [3.8, 4) is 0 Å². The molecule has 0 aliphatic carbocycles. The summed E-state index contributed by atoms with van der Waals surface area (Å²) >= 11 is 0. The second-order valence-electron chi connectivity index (χ2n) is 3.87. The van der Waals surface area contributed by atoms with Crippen LogP contribution in [0.25, 0.3) is 0 Å². The van der Waals surface area contributed by atoms with Crippen LogP contribution in [-0.4, -0.2) is 53.6 Å². The summed E-state index contributed by atoms with van der Waals surface area (Å²) in [6.45, 7) is 6.60. The molecule has 18 heavy (non-hydrogen) atoms. The maximum atomic E-state index is 12.1. The van der Waals surface area contributed by atoms with Gasteiger partial charge in [-0.1, -0.05) is 6.08 Å². The molecule has 1 amide bonds. The molecule has 1 aromatic rings. The van der Waals surface area contributed by atoms with E-state index in [1.807, 2.05) is 0 Å². The van der Waals surface area contributed by atoms with Gasteiger partial charge in [0.1, 0.15) is 0 Å². The van der Waals surface area contributed by atoms with E-state index in [0.29, 0.717) is 44.4 Å². The zero-order chi connectivity index (χ0) is 12.8. The molecule has 1 fully saturated rings. The molecule has 6 nitrogen and oxygen atoms in total. The quantitative estimate of drug-likeness (QED) is 0.788. The SMILES string of the molecule is C=CCNc1ncc(C(=O)N2CCOCC2)cn1. The van der Waals surface area contributed by atoms with E-state index in [9.17, 15) is 4.79 Å². The van der Waals surface area contributed by atoms with Crippen molar-refractivity contribution in [2.75, 3.05) is 38.2 Å². The molecule has 1 saturated heterocycles. The van der Waals surface area contributed by atoms with Gasteiger partial charge in [0.2, 0.25) is 5.95 Å². The molecule has 2 rings (SSSR count). The van der Waals surface area contributed by atoms with Crippen molar-refractivity contribution >= 4 is 11.9 Å². The molecule has 1 aromatic heterocycles. The van der Waals surface area contributed by atoms with Crippen molar-refractivity contribution in [1.29, 1.82) is 0 Å². The zero-order valence-corrected chi connectivity index (χ0v) is 10.1. The molecule has 0 radical (unpaired) electrons. The number of aromatic nitrogens is 2. The standard InChI is InChI=1S/C12H16N4O2/c1-2-3-13-12-14-8-10(9-15-12)11(17)16-4-6-18-7-5-16/h2,8-9H,1,3-7H2,(H,13,14,15). The monoisotopic (exact) mass is 248 g/mol. The minimum atomic E-state index is -0.0476. The Labute approximate surface area is 106 Å². The van der Waals surface area contributed by atoms with Gasteiger partial charge in [-0.15, -0.1) is 6.58 Å². The molecular weight excluding hydrogens is 232 g/mol. The van der Waals surface area contributed by atoms with Crippen LogP contribution in [0.1, 0.15) is 10.4 Å². The van der Waals surface area contributed by atoms with Crippen molar-refractivity contribution < 1.29 is 9.53 Å². The second kappa shape index (κ2) is 6.11. The van der Waals surface area contributed by atoms with E-state index < -0.39 is 0 Å². The van der Waals surface area contributed by atoms with Crippen molar-refractivity contribution in [3.05, 3.63) is 30.6 Å².